The average molecular weight is 184 g/mol. The summed E-state index contributed by atoms with van der Waals surface area (Å²) in [5.74, 6) is 0.339. The fourth-order valence-corrected chi connectivity index (χ4v) is 1.46. The Kier molecular flexibility index (Phi) is 9.29. The maximum Gasteiger partial charge on any atom is 0.0851 e. The first kappa shape index (κ1) is 12.5. The van der Waals surface area contributed by atoms with Gasteiger partial charge in [-0.3, -0.25) is 0 Å². The minimum atomic E-state index is 0.339. The highest BCUT2D eigenvalue weighted by Crippen LogP contribution is 2.10. The van der Waals surface area contributed by atoms with Crippen molar-refractivity contribution in [2.75, 3.05) is 0 Å². The van der Waals surface area contributed by atoms with Crippen molar-refractivity contribution in [3.05, 3.63) is 12.3 Å². The summed E-state index contributed by atoms with van der Waals surface area (Å²) in [7, 11) is 0. The summed E-state index contributed by atoms with van der Waals surface area (Å²) >= 11 is 0. The van der Waals surface area contributed by atoms with E-state index < -0.39 is 0 Å². The van der Waals surface area contributed by atoms with Gasteiger partial charge < -0.3 is 5.11 Å². The van der Waals surface area contributed by atoms with Gasteiger partial charge >= 0.3 is 0 Å². The van der Waals surface area contributed by atoms with Crippen LogP contribution in [0.1, 0.15) is 64.7 Å². The number of allylic oxidation sites excluding steroid dienone is 1. The van der Waals surface area contributed by atoms with E-state index in [1.807, 2.05) is 0 Å². The molecule has 13 heavy (non-hydrogen) atoms. The molecular formula is C12H24O. The Morgan fingerprint density at radius 2 is 1.38 bits per heavy atom. The zero-order valence-corrected chi connectivity index (χ0v) is 9.02. The van der Waals surface area contributed by atoms with E-state index in [4.69, 9.17) is 5.11 Å². The van der Waals surface area contributed by atoms with Gasteiger partial charge in [0.25, 0.3) is 0 Å². The minimum absolute atomic E-state index is 0.339. The van der Waals surface area contributed by atoms with Crippen LogP contribution in [0.4, 0.5) is 0 Å². The van der Waals surface area contributed by atoms with Crippen molar-refractivity contribution in [1.82, 2.24) is 0 Å². The third-order valence-electron chi connectivity index (χ3n) is 2.32. The fraction of sp³-hybridized carbons (Fsp3) is 0.833. The van der Waals surface area contributed by atoms with Crippen molar-refractivity contribution in [3.8, 4) is 0 Å². The lowest BCUT2D eigenvalue weighted by Crippen LogP contribution is -1.82. The predicted molar refractivity (Wildman–Crippen MR) is 59.0 cm³/mol. The van der Waals surface area contributed by atoms with Gasteiger partial charge in [0, 0.05) is 6.42 Å². The van der Waals surface area contributed by atoms with E-state index in [9.17, 15) is 0 Å². The van der Waals surface area contributed by atoms with Crippen LogP contribution in [0.2, 0.25) is 0 Å². The molecule has 0 radical (unpaired) electrons. The van der Waals surface area contributed by atoms with Crippen LogP contribution in [0.25, 0.3) is 0 Å². The Labute approximate surface area is 82.9 Å². The molecule has 0 aliphatic rings. The molecule has 0 aliphatic carbocycles. The molecule has 78 valence electrons. The molecule has 0 saturated carbocycles. The second kappa shape index (κ2) is 9.63. The number of unbranched alkanes of at least 4 members (excludes halogenated alkanes) is 7. The largest absolute Gasteiger partial charge is 0.513 e. The van der Waals surface area contributed by atoms with Crippen molar-refractivity contribution in [1.29, 1.82) is 0 Å². The van der Waals surface area contributed by atoms with Gasteiger partial charge in [0.15, 0.2) is 0 Å². The molecule has 0 fully saturated rings. The molecule has 0 rings (SSSR count). The second-order valence-electron chi connectivity index (χ2n) is 3.79. The summed E-state index contributed by atoms with van der Waals surface area (Å²) in [5, 5.41) is 8.83. The summed E-state index contributed by atoms with van der Waals surface area (Å²) in [6.45, 7) is 5.71. The molecule has 1 heteroatoms. The summed E-state index contributed by atoms with van der Waals surface area (Å²) in [6.07, 6.45) is 11.3. The third-order valence-corrected chi connectivity index (χ3v) is 2.32. The number of aliphatic hydroxyl groups is 1. The Hall–Kier alpha value is -0.460. The second-order valence-corrected chi connectivity index (χ2v) is 3.79. The van der Waals surface area contributed by atoms with Crippen LogP contribution in [-0.2, 0) is 0 Å². The SMILES string of the molecule is C=C(O)CCCCCCCCCC. The first-order valence-corrected chi connectivity index (χ1v) is 5.64. The fourth-order valence-electron chi connectivity index (χ4n) is 1.46. The number of aliphatic hydroxyl groups excluding tert-OH is 1. The van der Waals surface area contributed by atoms with E-state index in [-0.39, 0.29) is 0 Å². The third kappa shape index (κ3) is 11.5. The molecule has 0 bridgehead atoms. The van der Waals surface area contributed by atoms with E-state index in [1.165, 1.54) is 44.9 Å². The standard InChI is InChI=1S/C12H24O/c1-3-4-5-6-7-8-9-10-11-12(2)13/h13H,2-11H2,1H3. The van der Waals surface area contributed by atoms with Crippen LogP contribution in [0.5, 0.6) is 0 Å². The van der Waals surface area contributed by atoms with Gasteiger partial charge in [-0.15, -0.1) is 0 Å². The predicted octanol–water partition coefficient (Wildman–Crippen LogP) is 4.59. The van der Waals surface area contributed by atoms with Gasteiger partial charge in [-0.2, -0.15) is 0 Å². The zero-order chi connectivity index (χ0) is 9.94. The summed E-state index contributed by atoms with van der Waals surface area (Å²) in [6, 6.07) is 0. The number of hydrogen-bond acceptors (Lipinski definition) is 1. The lowest BCUT2D eigenvalue weighted by molar-refractivity contribution is 0.383. The van der Waals surface area contributed by atoms with Gasteiger partial charge in [0.05, 0.1) is 5.76 Å². The molecule has 0 aromatic rings. The van der Waals surface area contributed by atoms with Crippen molar-refractivity contribution in [2.45, 2.75) is 64.7 Å². The highest BCUT2D eigenvalue weighted by molar-refractivity contribution is 4.77. The molecule has 0 aromatic carbocycles. The highest BCUT2D eigenvalue weighted by Gasteiger charge is 1.92. The van der Waals surface area contributed by atoms with Crippen LogP contribution in [-0.4, -0.2) is 5.11 Å². The topological polar surface area (TPSA) is 20.2 Å². The molecular weight excluding hydrogens is 160 g/mol. The van der Waals surface area contributed by atoms with E-state index >= 15 is 0 Å². The van der Waals surface area contributed by atoms with Gasteiger partial charge in [0.1, 0.15) is 0 Å². The zero-order valence-electron chi connectivity index (χ0n) is 9.02. The summed E-state index contributed by atoms with van der Waals surface area (Å²) in [5.41, 5.74) is 0. The lowest BCUT2D eigenvalue weighted by Gasteiger charge is -2.00. The van der Waals surface area contributed by atoms with E-state index in [1.54, 1.807) is 0 Å². The molecule has 0 aromatic heterocycles. The van der Waals surface area contributed by atoms with Gasteiger partial charge in [-0.1, -0.05) is 58.4 Å². The Morgan fingerprint density at radius 3 is 1.85 bits per heavy atom. The Bertz CT molecular complexity index is 118. The first-order chi connectivity index (χ1) is 6.27. The molecule has 0 atom stereocenters. The van der Waals surface area contributed by atoms with E-state index in [0.29, 0.717) is 5.76 Å². The molecule has 0 heterocycles. The van der Waals surface area contributed by atoms with E-state index in [2.05, 4.69) is 13.5 Å². The van der Waals surface area contributed by atoms with Crippen LogP contribution in [0.3, 0.4) is 0 Å². The maximum absolute atomic E-state index is 8.83. The number of hydrogen-bond donors (Lipinski definition) is 1. The molecule has 1 N–H and O–H groups in total. The van der Waals surface area contributed by atoms with Crippen LogP contribution in [0.15, 0.2) is 12.3 Å². The maximum atomic E-state index is 8.83. The molecule has 0 aliphatic heterocycles. The van der Waals surface area contributed by atoms with Gasteiger partial charge in [0.2, 0.25) is 0 Å². The summed E-state index contributed by atoms with van der Waals surface area (Å²) in [4.78, 5) is 0. The summed E-state index contributed by atoms with van der Waals surface area (Å²) < 4.78 is 0. The average Bonchev–Trinajstić information content (AvgIpc) is 2.09. The molecule has 1 nitrogen and oxygen atoms in total. The van der Waals surface area contributed by atoms with Crippen LogP contribution < -0.4 is 0 Å². The lowest BCUT2D eigenvalue weighted by atomic mass is 10.1. The van der Waals surface area contributed by atoms with Crippen molar-refractivity contribution >= 4 is 0 Å². The normalized spacial score (nSPS) is 10.2. The minimum Gasteiger partial charge on any atom is -0.513 e. The molecule has 0 spiro atoms. The smallest absolute Gasteiger partial charge is 0.0851 e. The Morgan fingerprint density at radius 1 is 0.923 bits per heavy atom. The van der Waals surface area contributed by atoms with Crippen molar-refractivity contribution in [2.24, 2.45) is 0 Å². The van der Waals surface area contributed by atoms with Crippen molar-refractivity contribution < 1.29 is 5.11 Å². The first-order valence-electron chi connectivity index (χ1n) is 5.64. The van der Waals surface area contributed by atoms with Gasteiger partial charge in [-0.05, 0) is 6.42 Å². The van der Waals surface area contributed by atoms with Crippen molar-refractivity contribution in [3.63, 3.8) is 0 Å². The Balaban J connectivity index is 2.87. The van der Waals surface area contributed by atoms with E-state index in [0.717, 1.165) is 12.8 Å². The molecule has 0 unspecified atom stereocenters. The number of rotatable bonds is 9. The van der Waals surface area contributed by atoms with Crippen LogP contribution in [0, 0.1) is 0 Å². The van der Waals surface area contributed by atoms with Crippen LogP contribution >= 0.6 is 0 Å². The van der Waals surface area contributed by atoms with Gasteiger partial charge in [-0.25, -0.2) is 0 Å². The highest BCUT2D eigenvalue weighted by atomic mass is 16.3. The molecule has 0 amide bonds. The monoisotopic (exact) mass is 184 g/mol. The molecule has 0 saturated heterocycles. The quantitative estimate of drug-likeness (QED) is 0.410.